The van der Waals surface area contributed by atoms with E-state index in [2.05, 4.69) is 57.8 Å². The number of carboxylic acid groups (broad SMARTS) is 1. The highest BCUT2D eigenvalue weighted by Gasteiger charge is 2.28. The molecule has 0 saturated heterocycles. The molecule has 0 aliphatic rings. The number of benzene rings is 4. The number of nitrogens with two attached hydrogens (primary N) is 2. The predicted octanol–water partition coefficient (Wildman–Crippen LogP) is 5.85. The molecule has 75 heavy (non-hydrogen) atoms. The fraction of sp³-hybridized carbons (Fsp3) is 0.167. The smallest absolute Gasteiger partial charge is 0.397 e. The highest BCUT2D eigenvalue weighted by Crippen LogP contribution is 2.50. The van der Waals surface area contributed by atoms with E-state index in [-0.39, 0.29) is 63.3 Å². The van der Waals surface area contributed by atoms with Gasteiger partial charge >= 0.3 is 26.8 Å². The molecule has 39 heteroatoms. The minimum Gasteiger partial charge on any atom is -0.868 e. The van der Waals surface area contributed by atoms with E-state index in [1.54, 1.807) is 16.8 Å². The number of sulfone groups is 2. The first-order valence-electron chi connectivity index (χ1n) is 19.6. The molecular weight excluding hydrogens is 1150 g/mol. The molecule has 0 saturated carbocycles. The molecule has 5 aromatic rings. The highest BCUT2D eigenvalue weighted by atomic mass is 32.3. The van der Waals surface area contributed by atoms with E-state index in [0.29, 0.717) is 11.4 Å². The minimum absolute atomic E-state index is 0.0829. The number of carboxylic acids is 1. The highest BCUT2D eigenvalue weighted by molar-refractivity contribution is 7.95. The number of azo groups is 3. The average molecular weight is 1190 g/mol. The summed E-state index contributed by atoms with van der Waals surface area (Å²) in [5.41, 5.74) is 8.35. The summed E-state index contributed by atoms with van der Waals surface area (Å²) in [5, 5.41) is 71.3. The molecular formula is C36H35N9O23S7. The third kappa shape index (κ3) is 18.4. The van der Waals surface area contributed by atoms with Gasteiger partial charge in [-0.1, -0.05) is 16.1 Å². The minimum atomic E-state index is -5.00. The zero-order valence-electron chi connectivity index (χ0n) is 37.1. The second-order valence-corrected chi connectivity index (χ2v) is 22.4. The third-order valence-electron chi connectivity index (χ3n) is 8.83. The van der Waals surface area contributed by atoms with Crippen LogP contribution < -0.4 is 21.1 Å². The van der Waals surface area contributed by atoms with Crippen LogP contribution in [0.4, 0.5) is 45.5 Å². The largest absolute Gasteiger partial charge is 0.868 e. The van der Waals surface area contributed by atoms with Crippen molar-refractivity contribution in [2.24, 2.45) is 30.7 Å². The van der Waals surface area contributed by atoms with Gasteiger partial charge in [-0.3, -0.25) is 9.11 Å². The number of anilines is 2. The Kier molecular flexibility index (Phi) is 21.8. The van der Waals surface area contributed by atoms with Crippen molar-refractivity contribution in [1.29, 1.82) is 0 Å². The van der Waals surface area contributed by atoms with Gasteiger partial charge in [-0.15, -0.1) is 34.2 Å². The van der Waals surface area contributed by atoms with E-state index in [0.717, 1.165) is 48.4 Å². The number of rotatable bonds is 29. The molecule has 1 heterocycles. The third-order valence-corrected chi connectivity index (χ3v) is 15.0. The van der Waals surface area contributed by atoms with Crippen molar-refractivity contribution >= 4 is 128 Å². The van der Waals surface area contributed by atoms with Crippen molar-refractivity contribution < 1.29 is 109 Å². The molecule has 9 N–H and O–H groups in total. The lowest BCUT2D eigenvalue weighted by Gasteiger charge is -2.14. The fourth-order valence-corrected chi connectivity index (χ4v) is 10.1. The van der Waals surface area contributed by atoms with Crippen LogP contribution in [0.5, 0.6) is 5.75 Å². The topological polar surface area (TPSA) is 482 Å². The van der Waals surface area contributed by atoms with E-state index in [9.17, 15) is 48.7 Å². The summed E-state index contributed by atoms with van der Waals surface area (Å²) in [6.07, 6.45) is 3.05. The van der Waals surface area contributed by atoms with Gasteiger partial charge < -0.3 is 21.7 Å². The van der Waals surface area contributed by atoms with E-state index in [4.69, 9.17) is 40.3 Å². The first-order valence-corrected chi connectivity index (χ1v) is 27.9. The maximum absolute atomic E-state index is 13.1. The Labute approximate surface area is 435 Å². The molecule has 0 radical (unpaired) electrons. The molecule has 0 amide bonds. The van der Waals surface area contributed by atoms with E-state index in [1.807, 2.05) is 0 Å². The quantitative estimate of drug-likeness (QED) is 0.00431. The molecule has 32 nitrogen and oxygen atoms in total. The number of aromatic carboxylic acids is 1. The number of hydrogen-bond donors (Lipinski definition) is 7. The molecule has 0 fully saturated rings. The molecule has 0 bridgehead atoms. The zero-order valence-corrected chi connectivity index (χ0v) is 42.8. The molecule has 5 rings (SSSR count). The van der Waals surface area contributed by atoms with Gasteiger partial charge in [0.25, 0.3) is 0 Å². The van der Waals surface area contributed by atoms with Crippen LogP contribution in [0, 0.1) is 0 Å². The summed E-state index contributed by atoms with van der Waals surface area (Å²) in [5.74, 6) is -3.89. The Morgan fingerprint density at radius 3 is 1.59 bits per heavy atom. The van der Waals surface area contributed by atoms with Gasteiger partial charge in [0.05, 0.1) is 97.5 Å². The first-order chi connectivity index (χ1) is 35.4. The molecule has 404 valence electrons. The summed E-state index contributed by atoms with van der Waals surface area (Å²) in [6.45, 7) is -1.59. The van der Waals surface area contributed by atoms with Crippen LogP contribution in [-0.2, 0) is 83.3 Å². The Hall–Kier alpha value is -5.93. The second kappa shape index (κ2) is 27.2. The van der Waals surface area contributed by atoms with Crippen molar-refractivity contribution in [1.82, 2.24) is 0 Å². The van der Waals surface area contributed by atoms with E-state index in [1.165, 1.54) is 36.5 Å². The molecule has 0 atom stereocenters. The SMILES string of the molecule is Nc1c(N=Nc2ccc(S(=O)(=O)CCOS(=O)(=O)O)cc2SOOO)c(N)c(N=Nc2ccc(S(=O)(=O)CCOS(=O)(=O)O)cc2SOOO)c(C(=O)O)c1N=Nc1ccc(SOOCC[n+]2cccc([O-])c2)cc1. The van der Waals surface area contributed by atoms with Crippen molar-refractivity contribution in [3.8, 4) is 5.75 Å². The standard InChI is InChI=1S/C36H35N9O23S7/c37-31-33(42-39-21-3-5-23(6-4-21)69-66-61-13-12-45-11-1-2-22(46)20-45)30(36(47)48)34(43-40-26-9-7-24(18-28(26)70-67-64-49)72(51,52)16-14-62-74(55,56)57)32(38)35(31)44-41-27-10-8-25(19-29(27)71-68-65-50)73(53,54)17-15-63-75(58,59)60/h1-11,18-20H,12-17H2,(H9-,37,38,39,40,41,46,47,48,49,50,55,56,57,58,59,60). The van der Waals surface area contributed by atoms with Crippen LogP contribution in [0.2, 0.25) is 0 Å². The molecule has 1 aromatic heterocycles. The van der Waals surface area contributed by atoms with Crippen LogP contribution in [0.25, 0.3) is 0 Å². The summed E-state index contributed by atoms with van der Waals surface area (Å²) in [4.78, 5) is 17.2. The zero-order chi connectivity index (χ0) is 55.0. The fourth-order valence-electron chi connectivity index (χ4n) is 5.54. The lowest BCUT2D eigenvalue weighted by Crippen LogP contribution is -2.35. The Morgan fingerprint density at radius 1 is 0.627 bits per heavy atom. The maximum atomic E-state index is 13.1. The summed E-state index contributed by atoms with van der Waals surface area (Å²) < 4.78 is 137. The van der Waals surface area contributed by atoms with Gasteiger partial charge in [-0.05, 0) is 66.4 Å². The van der Waals surface area contributed by atoms with Crippen molar-refractivity contribution in [2.45, 2.75) is 31.0 Å². The Balaban J connectivity index is 1.57. The van der Waals surface area contributed by atoms with E-state index >= 15 is 0 Å². The maximum Gasteiger partial charge on any atom is 0.397 e. The molecule has 0 aliphatic heterocycles. The molecule has 0 aliphatic carbocycles. The summed E-state index contributed by atoms with van der Waals surface area (Å²) >= 11 is 1.17. The lowest BCUT2D eigenvalue weighted by atomic mass is 10.1. The predicted molar refractivity (Wildman–Crippen MR) is 253 cm³/mol. The second-order valence-electron chi connectivity index (χ2n) is 13.7. The normalized spacial score (nSPS) is 12.6. The first kappa shape index (κ1) is 59.9. The number of carbonyl (C=O) groups is 1. The average Bonchev–Trinajstić information content (AvgIpc) is 3.33. The Morgan fingerprint density at radius 2 is 1.12 bits per heavy atom. The summed E-state index contributed by atoms with van der Waals surface area (Å²) in [6, 6.07) is 14.7. The van der Waals surface area contributed by atoms with Crippen molar-refractivity contribution in [3.63, 3.8) is 0 Å². The van der Waals surface area contributed by atoms with Crippen LogP contribution in [0.1, 0.15) is 10.4 Å². The monoisotopic (exact) mass is 1180 g/mol. The van der Waals surface area contributed by atoms with Gasteiger partial charge in [0, 0.05) is 11.0 Å². The van der Waals surface area contributed by atoms with Gasteiger partial charge in [-0.25, -0.2) is 50.0 Å². The van der Waals surface area contributed by atoms with Gasteiger partial charge in [0.2, 0.25) is 0 Å². The van der Waals surface area contributed by atoms with Gasteiger partial charge in [-0.2, -0.15) is 26.3 Å². The van der Waals surface area contributed by atoms with Gasteiger partial charge in [0.15, 0.2) is 38.6 Å². The number of hydrogen-bond acceptors (Lipinski definition) is 31. The van der Waals surface area contributed by atoms with Crippen LogP contribution >= 0.6 is 36.1 Å². The van der Waals surface area contributed by atoms with Crippen LogP contribution in [-0.4, -0.2) is 95.7 Å². The number of pyridine rings is 1. The van der Waals surface area contributed by atoms with Crippen LogP contribution in [0.15, 0.2) is 140 Å². The lowest BCUT2D eigenvalue weighted by molar-refractivity contribution is -0.702. The number of nitrogens with zero attached hydrogens (tertiary/aromatic N) is 7. The van der Waals surface area contributed by atoms with Gasteiger partial charge in [0.1, 0.15) is 40.6 Å². The van der Waals surface area contributed by atoms with Crippen molar-refractivity contribution in [3.05, 3.63) is 90.8 Å². The summed E-state index contributed by atoms with van der Waals surface area (Å²) in [7, 11) is -18.7. The molecule has 4 aromatic carbocycles. The van der Waals surface area contributed by atoms with Crippen LogP contribution in [0.3, 0.4) is 0 Å². The van der Waals surface area contributed by atoms with E-state index < -0.39 is 115 Å². The van der Waals surface area contributed by atoms with Crippen molar-refractivity contribution in [2.75, 3.05) is 42.8 Å². The molecule has 0 spiro atoms. The molecule has 0 unspecified atom stereocenters. The number of aromatic nitrogens is 1. The Bertz CT molecular complexity index is 3410. The number of nitrogen functional groups attached to an aromatic ring is 2.